The third kappa shape index (κ3) is 3.01. The lowest BCUT2D eigenvalue weighted by Crippen LogP contribution is -2.43. The molecule has 0 radical (unpaired) electrons. The van der Waals surface area contributed by atoms with Crippen molar-refractivity contribution in [2.45, 2.75) is 26.2 Å². The quantitative estimate of drug-likeness (QED) is 0.842. The molecule has 0 aromatic carbocycles. The van der Waals surface area contributed by atoms with Gasteiger partial charge in [-0.25, -0.2) is 9.48 Å². The smallest absolute Gasteiger partial charge is 0.320 e. The van der Waals surface area contributed by atoms with Gasteiger partial charge < -0.3 is 9.80 Å². The summed E-state index contributed by atoms with van der Waals surface area (Å²) < 4.78 is 1.81. The van der Waals surface area contributed by atoms with E-state index in [-0.39, 0.29) is 6.03 Å². The molecule has 2 aromatic rings. The average Bonchev–Trinajstić information content (AvgIpc) is 3.32. The Morgan fingerprint density at radius 3 is 2.68 bits per heavy atom. The number of carbonyl (C=O) groups is 1. The van der Waals surface area contributed by atoms with E-state index in [1.807, 2.05) is 33.5 Å². The minimum atomic E-state index is 0.170. The van der Waals surface area contributed by atoms with Crippen molar-refractivity contribution in [3.63, 3.8) is 0 Å². The molecular formula is C18H22N6O. The molecule has 130 valence electrons. The lowest BCUT2D eigenvalue weighted by Gasteiger charge is -2.30. The van der Waals surface area contributed by atoms with Crippen molar-refractivity contribution < 1.29 is 4.79 Å². The van der Waals surface area contributed by atoms with Gasteiger partial charge in [0.25, 0.3) is 0 Å². The fourth-order valence-corrected chi connectivity index (χ4v) is 3.52. The van der Waals surface area contributed by atoms with Crippen molar-refractivity contribution in [3.05, 3.63) is 42.0 Å². The summed E-state index contributed by atoms with van der Waals surface area (Å²) in [4.78, 5) is 20.5. The van der Waals surface area contributed by atoms with Crippen molar-refractivity contribution in [2.24, 2.45) is 0 Å². The molecule has 4 heterocycles. The van der Waals surface area contributed by atoms with Crippen molar-refractivity contribution in [1.82, 2.24) is 29.8 Å². The highest BCUT2D eigenvalue weighted by atomic mass is 16.2. The summed E-state index contributed by atoms with van der Waals surface area (Å²) >= 11 is 0. The van der Waals surface area contributed by atoms with Gasteiger partial charge in [0.15, 0.2) is 0 Å². The Morgan fingerprint density at radius 1 is 1.16 bits per heavy atom. The molecule has 0 N–H and O–H groups in total. The lowest BCUT2D eigenvalue weighted by molar-refractivity contribution is 0.167. The number of carbonyl (C=O) groups excluding carboxylic acids is 1. The van der Waals surface area contributed by atoms with Crippen molar-refractivity contribution >= 4 is 11.6 Å². The van der Waals surface area contributed by atoms with E-state index in [1.165, 1.54) is 0 Å². The highest BCUT2D eigenvalue weighted by Crippen LogP contribution is 2.25. The first-order chi connectivity index (χ1) is 12.2. The first-order valence-electron chi connectivity index (χ1n) is 8.80. The number of likely N-dealkylation sites (tertiary alicyclic amines) is 1. The van der Waals surface area contributed by atoms with E-state index in [0.717, 1.165) is 61.5 Å². The summed E-state index contributed by atoms with van der Waals surface area (Å²) in [5.41, 5.74) is 3.98. The molecule has 0 bridgehead atoms. The first-order valence-corrected chi connectivity index (χ1v) is 8.80. The maximum absolute atomic E-state index is 12.5. The molecule has 7 nitrogen and oxygen atoms in total. The van der Waals surface area contributed by atoms with Crippen molar-refractivity contribution in [1.29, 1.82) is 0 Å². The van der Waals surface area contributed by atoms with Crippen LogP contribution >= 0.6 is 0 Å². The van der Waals surface area contributed by atoms with Gasteiger partial charge in [0.05, 0.1) is 17.6 Å². The Balaban J connectivity index is 1.50. The van der Waals surface area contributed by atoms with Gasteiger partial charge >= 0.3 is 6.03 Å². The second-order valence-electron chi connectivity index (χ2n) is 6.55. The van der Waals surface area contributed by atoms with E-state index in [9.17, 15) is 4.79 Å². The molecule has 4 rings (SSSR count). The van der Waals surface area contributed by atoms with Crippen LogP contribution in [0.25, 0.3) is 11.3 Å². The molecular weight excluding hydrogens is 316 g/mol. The van der Waals surface area contributed by atoms with E-state index in [4.69, 9.17) is 0 Å². The lowest BCUT2D eigenvalue weighted by atomic mass is 10.0. The van der Waals surface area contributed by atoms with Gasteiger partial charge in [0.1, 0.15) is 5.69 Å². The minimum Gasteiger partial charge on any atom is -0.325 e. The van der Waals surface area contributed by atoms with E-state index in [0.29, 0.717) is 6.54 Å². The highest BCUT2D eigenvalue weighted by Gasteiger charge is 2.26. The summed E-state index contributed by atoms with van der Waals surface area (Å²) in [6.07, 6.45) is 8.69. The van der Waals surface area contributed by atoms with Crippen LogP contribution in [0, 0.1) is 6.92 Å². The van der Waals surface area contributed by atoms with Crippen LogP contribution in [0.3, 0.4) is 0 Å². The van der Waals surface area contributed by atoms with Crippen molar-refractivity contribution in [3.8, 4) is 5.69 Å². The Morgan fingerprint density at radius 2 is 2.00 bits per heavy atom. The van der Waals surface area contributed by atoms with Gasteiger partial charge in [-0.1, -0.05) is 11.3 Å². The van der Waals surface area contributed by atoms with Gasteiger partial charge in [-0.2, -0.15) is 0 Å². The summed E-state index contributed by atoms with van der Waals surface area (Å²) in [7, 11) is 0. The van der Waals surface area contributed by atoms with E-state index in [2.05, 4.69) is 21.4 Å². The SMILES string of the molecule is Cc1c(C2=CCN(C(=O)N3CCCC3)CC2)nnn1-c1cccnc1. The molecule has 0 unspecified atom stereocenters. The summed E-state index contributed by atoms with van der Waals surface area (Å²) in [6.45, 7) is 5.18. The third-order valence-corrected chi connectivity index (χ3v) is 4.95. The van der Waals surface area contributed by atoms with E-state index in [1.54, 1.807) is 12.4 Å². The Hall–Kier alpha value is -2.70. The number of aromatic nitrogens is 4. The van der Waals surface area contributed by atoms with Crippen LogP contribution in [-0.4, -0.2) is 62.0 Å². The molecule has 2 aliphatic heterocycles. The molecule has 2 aliphatic rings. The zero-order valence-electron chi connectivity index (χ0n) is 14.4. The topological polar surface area (TPSA) is 67.2 Å². The molecule has 25 heavy (non-hydrogen) atoms. The van der Waals surface area contributed by atoms with Crippen molar-refractivity contribution in [2.75, 3.05) is 26.2 Å². The number of hydrogen-bond acceptors (Lipinski definition) is 4. The number of nitrogens with zero attached hydrogens (tertiary/aromatic N) is 6. The number of rotatable bonds is 2. The predicted molar refractivity (Wildman–Crippen MR) is 94.3 cm³/mol. The normalized spacial score (nSPS) is 17.7. The Bertz CT molecular complexity index is 791. The number of urea groups is 1. The maximum atomic E-state index is 12.5. The molecule has 0 spiro atoms. The monoisotopic (exact) mass is 338 g/mol. The third-order valence-electron chi connectivity index (χ3n) is 4.95. The zero-order chi connectivity index (χ0) is 17.2. The molecule has 0 aliphatic carbocycles. The second kappa shape index (κ2) is 6.66. The molecule has 1 saturated heterocycles. The van der Waals surface area contributed by atoms with Crippen LogP contribution in [0.15, 0.2) is 30.6 Å². The summed E-state index contributed by atoms with van der Waals surface area (Å²) in [5.74, 6) is 0. The van der Waals surface area contributed by atoms with Crippen LogP contribution in [-0.2, 0) is 0 Å². The summed E-state index contributed by atoms with van der Waals surface area (Å²) in [6, 6.07) is 4.02. The fourth-order valence-electron chi connectivity index (χ4n) is 3.52. The van der Waals surface area contributed by atoms with Gasteiger partial charge in [0, 0.05) is 32.4 Å². The van der Waals surface area contributed by atoms with Crippen LogP contribution in [0.5, 0.6) is 0 Å². The van der Waals surface area contributed by atoms with Crippen LogP contribution in [0.4, 0.5) is 4.79 Å². The molecule has 1 fully saturated rings. The minimum absolute atomic E-state index is 0.170. The standard InChI is InChI=1S/C18H22N6O/c1-14-17(20-21-24(14)16-5-4-8-19-13-16)15-6-11-23(12-7-15)18(25)22-9-2-3-10-22/h4-6,8,13H,2-3,7,9-12H2,1H3. The Kier molecular flexibility index (Phi) is 4.21. The average molecular weight is 338 g/mol. The predicted octanol–water partition coefficient (Wildman–Crippen LogP) is 2.28. The Labute approximate surface area is 146 Å². The fraction of sp³-hybridized carbons (Fsp3) is 0.444. The summed E-state index contributed by atoms with van der Waals surface area (Å²) in [5, 5.41) is 8.64. The van der Waals surface area contributed by atoms with Gasteiger partial charge in [-0.3, -0.25) is 4.98 Å². The highest BCUT2D eigenvalue weighted by molar-refractivity contribution is 5.77. The van der Waals surface area contributed by atoms with Gasteiger partial charge in [-0.05, 0) is 43.9 Å². The van der Waals surface area contributed by atoms with Crippen LogP contribution < -0.4 is 0 Å². The zero-order valence-corrected chi connectivity index (χ0v) is 14.4. The van der Waals surface area contributed by atoms with E-state index < -0.39 is 0 Å². The molecule has 2 aromatic heterocycles. The largest absolute Gasteiger partial charge is 0.325 e. The second-order valence-corrected chi connectivity index (χ2v) is 6.55. The molecule has 2 amide bonds. The molecule has 0 saturated carbocycles. The number of hydrogen-bond donors (Lipinski definition) is 0. The number of amides is 2. The molecule has 7 heteroatoms. The first kappa shape index (κ1) is 15.8. The maximum Gasteiger partial charge on any atom is 0.320 e. The van der Waals surface area contributed by atoms with Crippen LogP contribution in [0.2, 0.25) is 0 Å². The van der Waals surface area contributed by atoms with Gasteiger partial charge in [0.2, 0.25) is 0 Å². The number of pyridine rings is 1. The van der Waals surface area contributed by atoms with Gasteiger partial charge in [-0.15, -0.1) is 5.10 Å². The molecule has 0 atom stereocenters. The van der Waals surface area contributed by atoms with Crippen LogP contribution in [0.1, 0.15) is 30.7 Å². The van der Waals surface area contributed by atoms with E-state index >= 15 is 0 Å².